The second-order valence-electron chi connectivity index (χ2n) is 6.22. The van der Waals surface area contributed by atoms with Crippen LogP contribution < -0.4 is 10.0 Å². The Morgan fingerprint density at radius 1 is 1.14 bits per heavy atom. The highest BCUT2D eigenvalue weighted by Gasteiger charge is 2.13. The molecule has 0 aliphatic carbocycles. The molecule has 7 nitrogen and oxygen atoms in total. The Labute approximate surface area is 174 Å². The Morgan fingerprint density at radius 2 is 1.93 bits per heavy atom. The van der Waals surface area contributed by atoms with Crippen molar-refractivity contribution in [3.05, 3.63) is 78.1 Å². The number of nitrogens with zero attached hydrogens (tertiary/aromatic N) is 2. The number of imidazole rings is 1. The lowest BCUT2D eigenvalue weighted by molar-refractivity contribution is 0.0956. The number of carbonyl (C=O) groups is 1. The molecule has 3 rings (SSSR count). The molecule has 0 unspecified atom stereocenters. The van der Waals surface area contributed by atoms with Crippen molar-refractivity contribution in [2.24, 2.45) is 0 Å². The molecule has 0 saturated heterocycles. The van der Waals surface area contributed by atoms with Crippen LogP contribution in [0, 0.1) is 0 Å². The molecule has 0 atom stereocenters. The van der Waals surface area contributed by atoms with Crippen LogP contribution in [-0.2, 0) is 16.6 Å². The molecule has 152 valence electrons. The smallest absolute Gasteiger partial charge is 0.251 e. The average Bonchev–Trinajstić information content (AvgIpc) is 3.22. The van der Waals surface area contributed by atoms with E-state index in [2.05, 4.69) is 15.0 Å². The van der Waals surface area contributed by atoms with Gasteiger partial charge >= 0.3 is 0 Å². The van der Waals surface area contributed by atoms with Gasteiger partial charge in [0.05, 0.1) is 5.75 Å². The number of hydrogen-bond acceptors (Lipinski definition) is 5. The van der Waals surface area contributed by atoms with Gasteiger partial charge in [-0.15, -0.1) is 0 Å². The van der Waals surface area contributed by atoms with Gasteiger partial charge in [-0.3, -0.25) is 9.36 Å². The van der Waals surface area contributed by atoms with Gasteiger partial charge in [-0.05, 0) is 30.0 Å². The Morgan fingerprint density at radius 3 is 2.69 bits per heavy atom. The van der Waals surface area contributed by atoms with Crippen molar-refractivity contribution < 1.29 is 13.2 Å². The molecule has 2 N–H and O–H groups in total. The normalized spacial score (nSPS) is 11.3. The van der Waals surface area contributed by atoms with E-state index in [-0.39, 0.29) is 24.7 Å². The lowest BCUT2D eigenvalue weighted by Crippen LogP contribution is -2.34. The minimum absolute atomic E-state index is 0.0221. The van der Waals surface area contributed by atoms with Gasteiger partial charge in [-0.25, -0.2) is 18.1 Å². The molecule has 0 radical (unpaired) electrons. The first-order valence-corrected chi connectivity index (χ1v) is 11.8. The van der Waals surface area contributed by atoms with Gasteiger partial charge in [0.1, 0.15) is 0 Å². The van der Waals surface area contributed by atoms with E-state index in [0.717, 1.165) is 16.4 Å². The minimum atomic E-state index is -3.49. The van der Waals surface area contributed by atoms with Crippen LogP contribution in [0.25, 0.3) is 5.69 Å². The standard InChI is InChI=1S/C20H22N4O3S2/c1-28-20-22-10-12-24(20)18-9-5-8-17(14-18)19(25)21-11-13-29(26,27)23-15-16-6-3-2-4-7-16/h2-10,12,14,23H,11,13,15H2,1H3,(H,21,25). The molecule has 1 heterocycles. The lowest BCUT2D eigenvalue weighted by Gasteiger charge is -2.10. The highest BCUT2D eigenvalue weighted by Crippen LogP contribution is 2.18. The molecular weight excluding hydrogens is 408 g/mol. The number of carbonyl (C=O) groups excluding carboxylic acids is 1. The maximum absolute atomic E-state index is 12.4. The fourth-order valence-electron chi connectivity index (χ4n) is 2.70. The number of amides is 1. The van der Waals surface area contributed by atoms with E-state index in [1.807, 2.05) is 53.4 Å². The molecule has 9 heteroatoms. The SMILES string of the molecule is CSc1nccn1-c1cccc(C(=O)NCCS(=O)(=O)NCc2ccccc2)c1. The molecule has 0 spiro atoms. The third-order valence-electron chi connectivity index (χ3n) is 4.17. The van der Waals surface area contributed by atoms with Gasteiger partial charge in [0.2, 0.25) is 10.0 Å². The Hall–Kier alpha value is -2.62. The van der Waals surface area contributed by atoms with Gasteiger partial charge in [0.15, 0.2) is 5.16 Å². The highest BCUT2D eigenvalue weighted by atomic mass is 32.2. The minimum Gasteiger partial charge on any atom is -0.351 e. The highest BCUT2D eigenvalue weighted by molar-refractivity contribution is 7.98. The molecule has 0 aliphatic heterocycles. The fourth-order valence-corrected chi connectivity index (χ4v) is 4.13. The van der Waals surface area contributed by atoms with E-state index >= 15 is 0 Å². The summed E-state index contributed by atoms with van der Waals surface area (Å²) in [5.74, 6) is -0.514. The van der Waals surface area contributed by atoms with Crippen molar-refractivity contribution in [2.75, 3.05) is 18.6 Å². The molecule has 0 aliphatic rings. The fraction of sp³-hybridized carbons (Fsp3) is 0.200. The summed E-state index contributed by atoms with van der Waals surface area (Å²) in [7, 11) is -3.49. The zero-order valence-electron chi connectivity index (χ0n) is 15.9. The number of rotatable bonds is 9. The summed E-state index contributed by atoms with van der Waals surface area (Å²) < 4.78 is 28.7. The van der Waals surface area contributed by atoms with Gasteiger partial charge < -0.3 is 5.32 Å². The molecule has 0 fully saturated rings. The van der Waals surface area contributed by atoms with Crippen molar-refractivity contribution >= 4 is 27.7 Å². The summed E-state index contributed by atoms with van der Waals surface area (Å²) >= 11 is 1.51. The summed E-state index contributed by atoms with van der Waals surface area (Å²) in [4.78, 5) is 16.7. The molecule has 1 amide bonds. The van der Waals surface area contributed by atoms with Crippen molar-refractivity contribution in [3.8, 4) is 5.69 Å². The molecule has 0 bridgehead atoms. The van der Waals surface area contributed by atoms with E-state index in [0.29, 0.717) is 5.56 Å². The molecule has 29 heavy (non-hydrogen) atoms. The van der Waals surface area contributed by atoms with E-state index in [4.69, 9.17) is 0 Å². The van der Waals surface area contributed by atoms with Gasteiger partial charge in [0.25, 0.3) is 5.91 Å². The maximum atomic E-state index is 12.4. The molecule has 1 aromatic heterocycles. The predicted octanol–water partition coefficient (Wildman–Crippen LogP) is 2.44. The first-order chi connectivity index (χ1) is 14.0. The zero-order chi connectivity index (χ0) is 20.7. The van der Waals surface area contributed by atoms with Crippen molar-refractivity contribution in [2.45, 2.75) is 11.7 Å². The van der Waals surface area contributed by atoms with Crippen molar-refractivity contribution in [1.29, 1.82) is 0 Å². The van der Waals surface area contributed by atoms with Crippen LogP contribution in [0.3, 0.4) is 0 Å². The second-order valence-corrected chi connectivity index (χ2v) is 8.92. The van der Waals surface area contributed by atoms with Crippen LogP contribution in [0.1, 0.15) is 15.9 Å². The van der Waals surface area contributed by atoms with Crippen molar-refractivity contribution in [3.63, 3.8) is 0 Å². The van der Waals surface area contributed by atoms with Gasteiger partial charge in [0, 0.05) is 36.7 Å². The summed E-state index contributed by atoms with van der Waals surface area (Å²) in [6.07, 6.45) is 5.46. The molecule has 2 aromatic carbocycles. The van der Waals surface area contributed by atoms with E-state index in [1.165, 1.54) is 11.8 Å². The summed E-state index contributed by atoms with van der Waals surface area (Å²) in [5, 5.41) is 3.48. The number of nitrogens with one attached hydrogen (secondary N) is 2. The van der Waals surface area contributed by atoms with Crippen LogP contribution in [0.4, 0.5) is 0 Å². The van der Waals surface area contributed by atoms with E-state index in [1.54, 1.807) is 24.4 Å². The Kier molecular flexibility index (Phi) is 7.08. The largest absolute Gasteiger partial charge is 0.351 e. The lowest BCUT2D eigenvalue weighted by atomic mass is 10.2. The second kappa shape index (κ2) is 9.73. The monoisotopic (exact) mass is 430 g/mol. The van der Waals surface area contributed by atoms with Crippen LogP contribution in [0.5, 0.6) is 0 Å². The van der Waals surface area contributed by atoms with Crippen molar-refractivity contribution in [1.82, 2.24) is 19.6 Å². The molecular formula is C20H22N4O3S2. The Bertz CT molecular complexity index is 1070. The van der Waals surface area contributed by atoms with E-state index in [9.17, 15) is 13.2 Å². The average molecular weight is 431 g/mol. The summed E-state index contributed by atoms with van der Waals surface area (Å²) in [6.45, 7) is 0.246. The molecule has 3 aromatic rings. The van der Waals surface area contributed by atoms with Gasteiger partial charge in [-0.1, -0.05) is 48.2 Å². The van der Waals surface area contributed by atoms with Gasteiger partial charge in [-0.2, -0.15) is 0 Å². The summed E-state index contributed by atoms with van der Waals surface area (Å²) in [5.41, 5.74) is 2.15. The molecule has 0 saturated carbocycles. The number of thioether (sulfide) groups is 1. The number of sulfonamides is 1. The first kappa shape index (κ1) is 21.1. The quantitative estimate of drug-likeness (QED) is 0.509. The third-order valence-corrected chi connectivity index (χ3v) is 6.16. The van der Waals surface area contributed by atoms with E-state index < -0.39 is 10.0 Å². The number of hydrogen-bond donors (Lipinski definition) is 2. The zero-order valence-corrected chi connectivity index (χ0v) is 17.5. The van der Waals surface area contributed by atoms with Crippen LogP contribution >= 0.6 is 11.8 Å². The van der Waals surface area contributed by atoms with Crippen LogP contribution in [0.2, 0.25) is 0 Å². The Balaban J connectivity index is 1.55. The summed E-state index contributed by atoms with van der Waals surface area (Å²) in [6, 6.07) is 16.4. The maximum Gasteiger partial charge on any atom is 0.251 e. The third kappa shape index (κ3) is 5.93. The topological polar surface area (TPSA) is 93.1 Å². The predicted molar refractivity (Wildman–Crippen MR) is 115 cm³/mol. The number of benzene rings is 2. The van der Waals surface area contributed by atoms with Crippen LogP contribution in [-0.4, -0.2) is 42.4 Å². The first-order valence-electron chi connectivity index (χ1n) is 8.96. The van der Waals surface area contributed by atoms with Crippen LogP contribution in [0.15, 0.2) is 72.1 Å². The number of aromatic nitrogens is 2.